The van der Waals surface area contributed by atoms with Crippen LogP contribution in [-0.2, 0) is 23.9 Å². The summed E-state index contributed by atoms with van der Waals surface area (Å²) in [5.41, 5.74) is -0.313. The number of ether oxygens (including phenoxy) is 2. The molecule has 9 heteroatoms. The van der Waals surface area contributed by atoms with E-state index in [1.807, 2.05) is 40.7 Å². The summed E-state index contributed by atoms with van der Waals surface area (Å²) in [5, 5.41) is 5.32. The third-order valence-electron chi connectivity index (χ3n) is 5.71. The highest BCUT2D eigenvalue weighted by molar-refractivity contribution is 5.94. The minimum absolute atomic E-state index is 0.261. The fourth-order valence-corrected chi connectivity index (χ4v) is 3.71. The molecule has 0 spiro atoms. The number of methoxy groups -OCH3 is 1. The molecule has 0 heterocycles. The molecule has 0 aliphatic rings. The fourth-order valence-electron chi connectivity index (χ4n) is 3.71. The van der Waals surface area contributed by atoms with Gasteiger partial charge < -0.3 is 25.0 Å². The van der Waals surface area contributed by atoms with Gasteiger partial charge in [0.25, 0.3) is 0 Å². The van der Waals surface area contributed by atoms with E-state index in [-0.39, 0.29) is 12.5 Å². The normalized spacial score (nSPS) is 14.0. The standard InChI is InChI=1S/C28H43N3O6/c1-11-18(3)22(30-26(35)37-28(7,8)9)25(34)31(27(4,5)6)23(24(33)29-17-21(32)36-10)20-15-13-14-19(12-2)16-20/h12-16,18,22-23H,2,11,17H2,1,3-10H3,(H,29,33)(H,30,35). The molecule has 0 aliphatic carbocycles. The van der Waals surface area contributed by atoms with Crippen LogP contribution in [0.5, 0.6) is 0 Å². The zero-order valence-electron chi connectivity index (χ0n) is 23.6. The van der Waals surface area contributed by atoms with Gasteiger partial charge in [0.15, 0.2) is 0 Å². The molecular weight excluding hydrogens is 474 g/mol. The first-order valence-corrected chi connectivity index (χ1v) is 12.4. The van der Waals surface area contributed by atoms with E-state index in [1.54, 1.807) is 45.0 Å². The number of esters is 1. The summed E-state index contributed by atoms with van der Waals surface area (Å²) in [6.45, 7) is 17.8. The maximum Gasteiger partial charge on any atom is 0.408 e. The quantitative estimate of drug-likeness (QED) is 0.449. The minimum Gasteiger partial charge on any atom is -0.468 e. The number of nitrogens with one attached hydrogen (secondary N) is 2. The van der Waals surface area contributed by atoms with E-state index in [1.165, 1.54) is 12.0 Å². The predicted octanol–water partition coefficient (Wildman–Crippen LogP) is 4.23. The van der Waals surface area contributed by atoms with Crippen LogP contribution in [-0.4, -0.2) is 59.6 Å². The summed E-state index contributed by atoms with van der Waals surface area (Å²) in [6, 6.07) is 5.03. The summed E-state index contributed by atoms with van der Waals surface area (Å²) in [6.07, 6.45) is 1.51. The zero-order valence-corrected chi connectivity index (χ0v) is 23.6. The Bertz CT molecular complexity index is 977. The highest BCUT2D eigenvalue weighted by Crippen LogP contribution is 2.32. The Hall–Kier alpha value is -3.36. The Morgan fingerprint density at radius 3 is 2.22 bits per heavy atom. The fraction of sp³-hybridized carbons (Fsp3) is 0.571. The molecule has 3 unspecified atom stereocenters. The average molecular weight is 518 g/mol. The van der Waals surface area contributed by atoms with Crippen molar-refractivity contribution >= 4 is 30.0 Å². The van der Waals surface area contributed by atoms with Gasteiger partial charge in [-0.15, -0.1) is 0 Å². The average Bonchev–Trinajstić information content (AvgIpc) is 2.81. The van der Waals surface area contributed by atoms with E-state index in [4.69, 9.17) is 4.74 Å². The van der Waals surface area contributed by atoms with E-state index in [9.17, 15) is 19.2 Å². The van der Waals surface area contributed by atoms with Gasteiger partial charge in [0.2, 0.25) is 11.8 Å². The van der Waals surface area contributed by atoms with Crippen LogP contribution >= 0.6 is 0 Å². The summed E-state index contributed by atoms with van der Waals surface area (Å²) < 4.78 is 10.1. The van der Waals surface area contributed by atoms with Crippen LogP contribution in [0.25, 0.3) is 6.08 Å². The molecule has 0 radical (unpaired) electrons. The van der Waals surface area contributed by atoms with E-state index in [0.29, 0.717) is 12.0 Å². The van der Waals surface area contributed by atoms with Gasteiger partial charge in [0.05, 0.1) is 7.11 Å². The third-order valence-corrected chi connectivity index (χ3v) is 5.71. The molecule has 3 amide bonds. The summed E-state index contributed by atoms with van der Waals surface area (Å²) >= 11 is 0. The molecule has 3 atom stereocenters. The number of hydrogen-bond acceptors (Lipinski definition) is 6. The molecule has 2 N–H and O–H groups in total. The zero-order chi connectivity index (χ0) is 28.6. The molecule has 37 heavy (non-hydrogen) atoms. The van der Waals surface area contributed by atoms with Crippen molar-refractivity contribution in [2.45, 2.75) is 85.0 Å². The molecule has 0 aliphatic heterocycles. The van der Waals surface area contributed by atoms with Crippen molar-refractivity contribution in [2.75, 3.05) is 13.7 Å². The lowest BCUT2D eigenvalue weighted by Gasteiger charge is -2.43. The number of rotatable bonds is 10. The second-order valence-electron chi connectivity index (χ2n) is 11.0. The van der Waals surface area contributed by atoms with Gasteiger partial charge in [0.1, 0.15) is 24.2 Å². The topological polar surface area (TPSA) is 114 Å². The van der Waals surface area contributed by atoms with Gasteiger partial charge in [-0.2, -0.15) is 0 Å². The molecule has 1 aromatic rings. The SMILES string of the molecule is C=Cc1cccc(C(C(=O)NCC(=O)OC)N(C(=O)C(NC(=O)OC(C)(C)C)C(C)CC)C(C)(C)C)c1. The van der Waals surface area contributed by atoms with Gasteiger partial charge in [-0.1, -0.05) is 51.1 Å². The van der Waals surface area contributed by atoms with Gasteiger partial charge in [0, 0.05) is 5.54 Å². The Morgan fingerprint density at radius 2 is 1.73 bits per heavy atom. The molecule has 1 aromatic carbocycles. The molecule has 0 aromatic heterocycles. The first-order chi connectivity index (χ1) is 17.0. The largest absolute Gasteiger partial charge is 0.468 e. The number of carbonyl (C=O) groups is 4. The van der Waals surface area contributed by atoms with Crippen LogP contribution in [0.3, 0.4) is 0 Å². The van der Waals surface area contributed by atoms with Crippen molar-refractivity contribution in [2.24, 2.45) is 5.92 Å². The predicted molar refractivity (Wildman–Crippen MR) is 144 cm³/mol. The van der Waals surface area contributed by atoms with Crippen molar-refractivity contribution in [1.29, 1.82) is 0 Å². The van der Waals surface area contributed by atoms with Crippen LogP contribution in [0, 0.1) is 5.92 Å². The molecular formula is C28H43N3O6. The molecule has 1 rings (SSSR count). The Kier molecular flexibility index (Phi) is 11.4. The van der Waals surface area contributed by atoms with Gasteiger partial charge in [-0.3, -0.25) is 14.4 Å². The van der Waals surface area contributed by atoms with E-state index < -0.39 is 47.1 Å². The Labute approximate surface area is 221 Å². The van der Waals surface area contributed by atoms with Crippen molar-refractivity contribution < 1.29 is 28.7 Å². The first-order valence-electron chi connectivity index (χ1n) is 12.4. The second kappa shape index (κ2) is 13.3. The molecule has 9 nitrogen and oxygen atoms in total. The van der Waals surface area contributed by atoms with Crippen LogP contribution in [0.1, 0.15) is 79.0 Å². The number of benzene rings is 1. The van der Waals surface area contributed by atoms with Crippen molar-refractivity contribution in [3.05, 3.63) is 42.0 Å². The lowest BCUT2D eigenvalue weighted by atomic mass is 9.91. The van der Waals surface area contributed by atoms with Gasteiger partial charge in [-0.25, -0.2) is 4.79 Å². The van der Waals surface area contributed by atoms with Crippen molar-refractivity contribution in [3.8, 4) is 0 Å². The lowest BCUT2D eigenvalue weighted by molar-refractivity contribution is -0.150. The molecule has 206 valence electrons. The smallest absolute Gasteiger partial charge is 0.408 e. The van der Waals surface area contributed by atoms with Crippen LogP contribution in [0.4, 0.5) is 4.79 Å². The van der Waals surface area contributed by atoms with E-state index >= 15 is 0 Å². The minimum atomic E-state index is -1.11. The number of alkyl carbamates (subject to hydrolysis) is 1. The molecule has 0 saturated heterocycles. The Morgan fingerprint density at radius 1 is 1.11 bits per heavy atom. The van der Waals surface area contributed by atoms with Crippen LogP contribution in [0.2, 0.25) is 0 Å². The van der Waals surface area contributed by atoms with Gasteiger partial charge in [-0.05, 0) is 64.7 Å². The Balaban J connectivity index is 3.64. The molecule has 0 fully saturated rings. The summed E-state index contributed by atoms with van der Waals surface area (Å²) in [5.74, 6) is -1.89. The van der Waals surface area contributed by atoms with Crippen molar-refractivity contribution in [3.63, 3.8) is 0 Å². The molecule has 0 saturated carbocycles. The molecule has 0 bridgehead atoms. The first kappa shape index (κ1) is 31.7. The maximum atomic E-state index is 14.2. The third kappa shape index (κ3) is 9.55. The highest BCUT2D eigenvalue weighted by Gasteiger charge is 2.43. The number of amides is 3. The lowest BCUT2D eigenvalue weighted by Crippen LogP contribution is -2.60. The second-order valence-corrected chi connectivity index (χ2v) is 11.0. The van der Waals surface area contributed by atoms with Crippen LogP contribution in [0.15, 0.2) is 30.8 Å². The summed E-state index contributed by atoms with van der Waals surface area (Å²) in [7, 11) is 1.23. The maximum absolute atomic E-state index is 14.2. The monoisotopic (exact) mass is 517 g/mol. The number of nitrogens with zero attached hydrogens (tertiary/aromatic N) is 1. The number of hydrogen-bond donors (Lipinski definition) is 2. The van der Waals surface area contributed by atoms with Crippen molar-refractivity contribution in [1.82, 2.24) is 15.5 Å². The van der Waals surface area contributed by atoms with E-state index in [2.05, 4.69) is 21.9 Å². The van der Waals surface area contributed by atoms with E-state index in [0.717, 1.165) is 5.56 Å². The number of carbonyl (C=O) groups excluding carboxylic acids is 4. The van der Waals surface area contributed by atoms with Crippen LogP contribution < -0.4 is 10.6 Å². The summed E-state index contributed by atoms with van der Waals surface area (Å²) in [4.78, 5) is 53.7. The van der Waals surface area contributed by atoms with Gasteiger partial charge >= 0.3 is 12.1 Å². The highest BCUT2D eigenvalue weighted by atomic mass is 16.6.